The fourth-order valence-corrected chi connectivity index (χ4v) is 1.54. The molecule has 0 fully saturated rings. The number of rotatable bonds is 4. The second-order valence-corrected chi connectivity index (χ2v) is 5.30. The molecule has 0 aliphatic rings. The normalized spacial score (nSPS) is 13.5. The maximum absolute atomic E-state index is 13.2. The van der Waals surface area contributed by atoms with Crippen molar-refractivity contribution in [3.8, 4) is 5.75 Å². The third-order valence-corrected chi connectivity index (χ3v) is 2.55. The van der Waals surface area contributed by atoms with Crippen molar-refractivity contribution in [2.75, 3.05) is 6.61 Å². The molecule has 1 aromatic rings. The van der Waals surface area contributed by atoms with Crippen LogP contribution in [0.1, 0.15) is 45.8 Å². The van der Waals surface area contributed by atoms with Gasteiger partial charge in [-0.1, -0.05) is 27.7 Å². The Bertz CT molecular complexity index is 369. The quantitative estimate of drug-likeness (QED) is 0.869. The molecule has 1 rings (SSSR count). The summed E-state index contributed by atoms with van der Waals surface area (Å²) in [5.41, 5.74) is 0.342. The van der Waals surface area contributed by atoms with E-state index in [0.717, 1.165) is 6.42 Å². The summed E-state index contributed by atoms with van der Waals surface area (Å²) in [5.74, 6) is 0.0928. The molecule has 0 aliphatic carbocycles. The number of aliphatic hydroxyl groups excluding tert-OH is 1. The number of hydrogen-bond acceptors (Lipinski definition) is 2. The zero-order chi connectivity index (χ0) is 13.1. The summed E-state index contributed by atoms with van der Waals surface area (Å²) < 4.78 is 18.7. The van der Waals surface area contributed by atoms with E-state index < -0.39 is 6.10 Å². The monoisotopic (exact) mass is 240 g/mol. The summed E-state index contributed by atoms with van der Waals surface area (Å²) in [6.45, 7) is 8.31. The minimum absolute atomic E-state index is 0.303. The minimum atomic E-state index is -0.671. The van der Waals surface area contributed by atoms with Gasteiger partial charge >= 0.3 is 0 Å². The van der Waals surface area contributed by atoms with Gasteiger partial charge in [-0.05, 0) is 24.0 Å². The number of aliphatic hydroxyl groups is 1. The molecule has 1 unspecified atom stereocenters. The predicted octanol–water partition coefficient (Wildman–Crippen LogP) is 3.69. The summed E-state index contributed by atoms with van der Waals surface area (Å²) >= 11 is 0. The van der Waals surface area contributed by atoms with Crippen LogP contribution >= 0.6 is 0 Å². The first-order valence-electron chi connectivity index (χ1n) is 5.96. The molecule has 1 N–H and O–H groups in total. The van der Waals surface area contributed by atoms with Crippen molar-refractivity contribution in [2.24, 2.45) is 5.41 Å². The van der Waals surface area contributed by atoms with Gasteiger partial charge in [0, 0.05) is 11.6 Å². The molecule has 0 spiro atoms. The Hall–Kier alpha value is -1.09. The summed E-state index contributed by atoms with van der Waals surface area (Å²) in [6, 6.07) is 4.28. The Morgan fingerprint density at radius 3 is 2.53 bits per heavy atom. The van der Waals surface area contributed by atoms with Gasteiger partial charge in [0.25, 0.3) is 0 Å². The van der Waals surface area contributed by atoms with Gasteiger partial charge in [0.2, 0.25) is 0 Å². The van der Waals surface area contributed by atoms with E-state index in [0.29, 0.717) is 17.9 Å². The molecule has 0 bridgehead atoms. The summed E-state index contributed by atoms with van der Waals surface area (Å²) in [5, 5.41) is 10.2. The van der Waals surface area contributed by atoms with E-state index >= 15 is 0 Å². The number of ether oxygens (including phenoxy) is 1. The van der Waals surface area contributed by atoms with E-state index in [1.165, 1.54) is 12.1 Å². The van der Waals surface area contributed by atoms with Crippen molar-refractivity contribution in [1.29, 1.82) is 0 Å². The van der Waals surface area contributed by atoms with Crippen molar-refractivity contribution in [1.82, 2.24) is 0 Å². The first-order chi connectivity index (χ1) is 7.86. The average molecular weight is 240 g/mol. The smallest absolute Gasteiger partial charge is 0.128 e. The van der Waals surface area contributed by atoms with E-state index in [1.807, 2.05) is 27.7 Å². The molecule has 1 aromatic carbocycles. The maximum Gasteiger partial charge on any atom is 0.128 e. The van der Waals surface area contributed by atoms with Crippen LogP contribution in [0, 0.1) is 11.2 Å². The highest BCUT2D eigenvalue weighted by atomic mass is 19.1. The summed E-state index contributed by atoms with van der Waals surface area (Å²) in [7, 11) is 0. The lowest BCUT2D eigenvalue weighted by molar-refractivity contribution is 0.0596. The van der Waals surface area contributed by atoms with Crippen molar-refractivity contribution >= 4 is 0 Å². The molecule has 0 amide bonds. The van der Waals surface area contributed by atoms with E-state index in [1.54, 1.807) is 6.07 Å². The van der Waals surface area contributed by atoms with Gasteiger partial charge in [-0.15, -0.1) is 0 Å². The highest BCUT2D eigenvalue weighted by Crippen LogP contribution is 2.37. The highest BCUT2D eigenvalue weighted by Gasteiger charge is 2.26. The Morgan fingerprint density at radius 2 is 2.00 bits per heavy atom. The third kappa shape index (κ3) is 3.70. The van der Waals surface area contributed by atoms with E-state index in [2.05, 4.69) is 0 Å². The van der Waals surface area contributed by atoms with Gasteiger partial charge in [-0.3, -0.25) is 0 Å². The van der Waals surface area contributed by atoms with Crippen LogP contribution in [0.4, 0.5) is 4.39 Å². The van der Waals surface area contributed by atoms with Crippen LogP contribution in [0.5, 0.6) is 5.75 Å². The van der Waals surface area contributed by atoms with Crippen molar-refractivity contribution in [3.05, 3.63) is 29.6 Å². The van der Waals surface area contributed by atoms with Gasteiger partial charge in [0.15, 0.2) is 0 Å². The van der Waals surface area contributed by atoms with Gasteiger partial charge in [-0.2, -0.15) is 0 Å². The molecule has 3 heteroatoms. The fourth-order valence-electron chi connectivity index (χ4n) is 1.54. The van der Waals surface area contributed by atoms with E-state index in [-0.39, 0.29) is 11.2 Å². The molecule has 0 saturated carbocycles. The van der Waals surface area contributed by atoms with Gasteiger partial charge in [-0.25, -0.2) is 4.39 Å². The standard InChI is InChI=1S/C14H21FO2/c1-5-8-17-12-9-10(15)6-7-11(12)13(16)14(2,3)4/h6-7,9,13,16H,5,8H2,1-4H3. The third-order valence-electron chi connectivity index (χ3n) is 2.55. The summed E-state index contributed by atoms with van der Waals surface area (Å²) in [6.07, 6.45) is 0.177. The largest absolute Gasteiger partial charge is 0.493 e. The van der Waals surface area contributed by atoms with Crippen LogP contribution in [0.15, 0.2) is 18.2 Å². The van der Waals surface area contributed by atoms with Crippen LogP contribution in [-0.2, 0) is 0 Å². The second kappa shape index (κ2) is 5.50. The molecule has 0 heterocycles. The lowest BCUT2D eigenvalue weighted by Gasteiger charge is -2.27. The SMILES string of the molecule is CCCOc1cc(F)ccc1C(O)C(C)(C)C. The van der Waals surface area contributed by atoms with Gasteiger partial charge < -0.3 is 9.84 Å². The molecule has 0 saturated heterocycles. The number of hydrogen-bond donors (Lipinski definition) is 1. The molecule has 0 aliphatic heterocycles. The van der Waals surface area contributed by atoms with Crippen LogP contribution in [0.25, 0.3) is 0 Å². The number of benzene rings is 1. The predicted molar refractivity (Wildman–Crippen MR) is 66.6 cm³/mol. The Labute approximate surface area is 102 Å². The van der Waals surface area contributed by atoms with Crippen LogP contribution < -0.4 is 4.74 Å². The van der Waals surface area contributed by atoms with Crippen LogP contribution in [0.3, 0.4) is 0 Å². The zero-order valence-electron chi connectivity index (χ0n) is 11.0. The van der Waals surface area contributed by atoms with Crippen molar-refractivity contribution in [2.45, 2.75) is 40.2 Å². The molecule has 0 radical (unpaired) electrons. The summed E-state index contributed by atoms with van der Waals surface area (Å²) in [4.78, 5) is 0. The van der Waals surface area contributed by atoms with Gasteiger partial charge in [0.05, 0.1) is 12.7 Å². The molecule has 17 heavy (non-hydrogen) atoms. The topological polar surface area (TPSA) is 29.5 Å². The highest BCUT2D eigenvalue weighted by molar-refractivity contribution is 5.36. The molecular formula is C14H21FO2. The molecule has 96 valence electrons. The number of halogens is 1. The van der Waals surface area contributed by atoms with Crippen LogP contribution in [0.2, 0.25) is 0 Å². The average Bonchev–Trinajstić information content (AvgIpc) is 2.24. The van der Waals surface area contributed by atoms with Gasteiger partial charge in [0.1, 0.15) is 11.6 Å². The lowest BCUT2D eigenvalue weighted by Crippen LogP contribution is -2.19. The first kappa shape index (κ1) is 14.0. The Balaban J connectivity index is 3.05. The maximum atomic E-state index is 13.2. The fraction of sp³-hybridized carbons (Fsp3) is 0.571. The Morgan fingerprint density at radius 1 is 1.35 bits per heavy atom. The van der Waals surface area contributed by atoms with Crippen LogP contribution in [-0.4, -0.2) is 11.7 Å². The van der Waals surface area contributed by atoms with Crippen molar-refractivity contribution in [3.63, 3.8) is 0 Å². The molecular weight excluding hydrogens is 219 g/mol. The zero-order valence-corrected chi connectivity index (χ0v) is 11.0. The van der Waals surface area contributed by atoms with E-state index in [4.69, 9.17) is 4.74 Å². The molecule has 2 nitrogen and oxygen atoms in total. The molecule has 1 atom stereocenters. The second-order valence-electron chi connectivity index (χ2n) is 5.30. The molecule has 0 aromatic heterocycles. The van der Waals surface area contributed by atoms with Crippen molar-refractivity contribution < 1.29 is 14.2 Å². The lowest BCUT2D eigenvalue weighted by atomic mass is 9.84. The first-order valence-corrected chi connectivity index (χ1v) is 5.96. The minimum Gasteiger partial charge on any atom is -0.493 e. The Kier molecular flexibility index (Phi) is 4.52. The van der Waals surface area contributed by atoms with E-state index in [9.17, 15) is 9.50 Å².